The maximum absolute atomic E-state index is 10.1. The van der Waals surface area contributed by atoms with Crippen LogP contribution in [-0.2, 0) is 10.3 Å². The lowest BCUT2D eigenvalue weighted by Crippen LogP contribution is -2.28. The van der Waals surface area contributed by atoms with E-state index < -0.39 is 5.60 Å². The molecule has 2 rings (SSSR count). The maximum Gasteiger partial charge on any atom is 0.261 e. The number of aromatic hydroxyl groups is 1. The predicted molar refractivity (Wildman–Crippen MR) is 75.4 cm³/mol. The van der Waals surface area contributed by atoms with Gasteiger partial charge in [0.05, 0.1) is 5.56 Å². The number of ether oxygens (including phenoxy) is 1. The first-order valence-electron chi connectivity index (χ1n) is 6.76. The van der Waals surface area contributed by atoms with Gasteiger partial charge in [0.1, 0.15) is 11.4 Å². The van der Waals surface area contributed by atoms with Crippen LogP contribution in [0.1, 0.15) is 38.1 Å². The molecule has 1 N–H and O–H groups in total. The summed E-state index contributed by atoms with van der Waals surface area (Å²) < 4.78 is 10.9. The van der Waals surface area contributed by atoms with Crippen molar-refractivity contribution in [3.63, 3.8) is 0 Å². The molecular formula is C15H20N2O3. The summed E-state index contributed by atoms with van der Waals surface area (Å²) in [6.45, 7) is 5.87. The molecule has 0 aliphatic rings. The Kier molecular flexibility index (Phi) is 4.09. The highest BCUT2D eigenvalue weighted by Gasteiger charge is 2.34. The number of rotatable bonds is 5. The smallest absolute Gasteiger partial charge is 0.261 e. The zero-order valence-corrected chi connectivity index (χ0v) is 12.3. The Labute approximate surface area is 118 Å². The van der Waals surface area contributed by atoms with Crippen LogP contribution in [0.25, 0.3) is 11.5 Å². The lowest BCUT2D eigenvalue weighted by atomic mass is 9.96. The molecule has 2 aromatic rings. The largest absolute Gasteiger partial charge is 0.507 e. The van der Waals surface area contributed by atoms with E-state index in [-0.39, 0.29) is 5.75 Å². The molecular weight excluding hydrogens is 256 g/mol. The van der Waals surface area contributed by atoms with E-state index in [0.29, 0.717) is 17.3 Å². The number of hydrogen-bond donors (Lipinski definition) is 1. The normalized spacial score (nSPS) is 11.8. The van der Waals surface area contributed by atoms with E-state index in [4.69, 9.17) is 9.26 Å². The number of phenolic OH excluding ortho intramolecular Hbond substituents is 1. The van der Waals surface area contributed by atoms with Gasteiger partial charge in [-0.1, -0.05) is 31.1 Å². The number of aryl methyl sites for hydroxylation is 1. The van der Waals surface area contributed by atoms with Crippen molar-refractivity contribution in [2.24, 2.45) is 0 Å². The summed E-state index contributed by atoms with van der Waals surface area (Å²) in [6.07, 6.45) is 1.50. The number of benzene rings is 1. The van der Waals surface area contributed by atoms with E-state index in [1.807, 2.05) is 32.9 Å². The summed E-state index contributed by atoms with van der Waals surface area (Å²) in [5.74, 6) is 0.990. The second-order valence-electron chi connectivity index (χ2n) is 4.80. The van der Waals surface area contributed by atoms with Gasteiger partial charge in [-0.2, -0.15) is 4.98 Å². The summed E-state index contributed by atoms with van der Waals surface area (Å²) in [4.78, 5) is 4.40. The first-order chi connectivity index (χ1) is 9.57. The predicted octanol–water partition coefficient (Wildman–Crippen LogP) is 3.41. The summed E-state index contributed by atoms with van der Waals surface area (Å²) in [7, 11) is 1.65. The summed E-state index contributed by atoms with van der Waals surface area (Å²) in [5.41, 5.74) is 0.772. The van der Waals surface area contributed by atoms with Crippen molar-refractivity contribution in [2.75, 3.05) is 7.11 Å². The van der Waals surface area contributed by atoms with Gasteiger partial charge in [0, 0.05) is 7.11 Å². The Balaban J connectivity index is 2.45. The van der Waals surface area contributed by atoms with Gasteiger partial charge in [-0.3, -0.25) is 0 Å². The molecule has 0 fully saturated rings. The zero-order valence-electron chi connectivity index (χ0n) is 12.3. The second-order valence-corrected chi connectivity index (χ2v) is 4.80. The minimum Gasteiger partial charge on any atom is -0.507 e. The average molecular weight is 276 g/mol. The number of para-hydroxylation sites is 1. The summed E-state index contributed by atoms with van der Waals surface area (Å²) >= 11 is 0. The van der Waals surface area contributed by atoms with Crippen molar-refractivity contribution in [3.05, 3.63) is 29.6 Å². The standard InChI is InChI=1S/C15H20N2O3/c1-5-15(6-2,19-4)14-16-13(20-17-14)11-9-7-8-10(3)12(11)18/h7-9,18H,5-6H2,1-4H3. The molecule has 108 valence electrons. The molecule has 0 saturated heterocycles. The summed E-state index contributed by atoms with van der Waals surface area (Å²) in [6, 6.07) is 5.43. The molecule has 0 atom stereocenters. The molecule has 0 bridgehead atoms. The van der Waals surface area contributed by atoms with Gasteiger partial charge in [-0.05, 0) is 31.4 Å². The number of phenols is 1. The first kappa shape index (κ1) is 14.5. The second kappa shape index (κ2) is 5.63. The van der Waals surface area contributed by atoms with Crippen LogP contribution >= 0.6 is 0 Å². The van der Waals surface area contributed by atoms with Crippen LogP contribution < -0.4 is 0 Å². The van der Waals surface area contributed by atoms with Crippen LogP contribution in [0.15, 0.2) is 22.7 Å². The van der Waals surface area contributed by atoms with E-state index in [0.717, 1.165) is 18.4 Å². The van der Waals surface area contributed by atoms with Gasteiger partial charge in [0.2, 0.25) is 5.82 Å². The van der Waals surface area contributed by atoms with E-state index in [9.17, 15) is 5.11 Å². The molecule has 0 spiro atoms. The van der Waals surface area contributed by atoms with Gasteiger partial charge in [0.25, 0.3) is 5.89 Å². The third-order valence-electron chi connectivity index (χ3n) is 3.83. The molecule has 20 heavy (non-hydrogen) atoms. The van der Waals surface area contributed by atoms with Gasteiger partial charge in [-0.25, -0.2) is 0 Å². The molecule has 0 aliphatic heterocycles. The Bertz CT molecular complexity index is 580. The van der Waals surface area contributed by atoms with E-state index >= 15 is 0 Å². The molecule has 5 nitrogen and oxygen atoms in total. The average Bonchev–Trinajstić information content (AvgIpc) is 2.95. The number of hydrogen-bond acceptors (Lipinski definition) is 5. The quantitative estimate of drug-likeness (QED) is 0.906. The van der Waals surface area contributed by atoms with Crippen LogP contribution in [0.3, 0.4) is 0 Å². The lowest BCUT2D eigenvalue weighted by Gasteiger charge is -2.25. The highest BCUT2D eigenvalue weighted by atomic mass is 16.5. The van der Waals surface area contributed by atoms with Gasteiger partial charge < -0.3 is 14.4 Å². The van der Waals surface area contributed by atoms with Gasteiger partial charge >= 0.3 is 0 Å². The van der Waals surface area contributed by atoms with Crippen molar-refractivity contribution in [3.8, 4) is 17.2 Å². The van der Waals surface area contributed by atoms with Crippen LogP contribution in [0.4, 0.5) is 0 Å². The molecule has 0 unspecified atom stereocenters. The number of nitrogens with zero attached hydrogens (tertiary/aromatic N) is 2. The van der Waals surface area contributed by atoms with Crippen LogP contribution in [0.2, 0.25) is 0 Å². The minimum atomic E-state index is -0.540. The topological polar surface area (TPSA) is 68.4 Å². The van der Waals surface area contributed by atoms with E-state index in [1.54, 1.807) is 13.2 Å². The van der Waals surface area contributed by atoms with Crippen molar-refractivity contribution in [1.82, 2.24) is 10.1 Å². The van der Waals surface area contributed by atoms with Crippen molar-refractivity contribution in [1.29, 1.82) is 0 Å². The third kappa shape index (κ3) is 2.29. The Morgan fingerprint density at radius 2 is 2.00 bits per heavy atom. The third-order valence-corrected chi connectivity index (χ3v) is 3.83. The van der Waals surface area contributed by atoms with Crippen LogP contribution in [0, 0.1) is 6.92 Å². The SMILES string of the molecule is CCC(CC)(OC)c1noc(-c2cccc(C)c2O)n1. The number of methoxy groups -OCH3 is 1. The maximum atomic E-state index is 10.1. The number of aromatic nitrogens is 2. The highest BCUT2D eigenvalue weighted by Crippen LogP contribution is 2.34. The minimum absolute atomic E-state index is 0.165. The van der Waals surface area contributed by atoms with Crippen molar-refractivity contribution >= 4 is 0 Å². The zero-order chi connectivity index (χ0) is 14.8. The lowest BCUT2D eigenvalue weighted by molar-refractivity contribution is -0.0306. The fourth-order valence-electron chi connectivity index (χ4n) is 2.30. The monoisotopic (exact) mass is 276 g/mol. The van der Waals surface area contributed by atoms with E-state index in [1.165, 1.54) is 0 Å². The first-order valence-corrected chi connectivity index (χ1v) is 6.76. The molecule has 1 aromatic carbocycles. The van der Waals surface area contributed by atoms with E-state index in [2.05, 4.69) is 10.1 Å². The fourth-order valence-corrected chi connectivity index (χ4v) is 2.30. The molecule has 0 radical (unpaired) electrons. The van der Waals surface area contributed by atoms with Crippen LogP contribution in [0.5, 0.6) is 5.75 Å². The molecule has 1 aromatic heterocycles. The Morgan fingerprint density at radius 3 is 2.60 bits per heavy atom. The van der Waals surface area contributed by atoms with Crippen LogP contribution in [-0.4, -0.2) is 22.4 Å². The molecule has 0 saturated carbocycles. The molecule has 5 heteroatoms. The molecule has 0 amide bonds. The molecule has 1 heterocycles. The van der Waals surface area contributed by atoms with Gasteiger partial charge in [0.15, 0.2) is 0 Å². The summed E-state index contributed by atoms with van der Waals surface area (Å²) in [5, 5.41) is 14.1. The van der Waals surface area contributed by atoms with Crippen molar-refractivity contribution < 1.29 is 14.4 Å². The Morgan fingerprint density at radius 1 is 1.30 bits per heavy atom. The Hall–Kier alpha value is -1.88. The molecule has 0 aliphatic carbocycles. The van der Waals surface area contributed by atoms with Gasteiger partial charge in [-0.15, -0.1) is 0 Å². The highest BCUT2D eigenvalue weighted by molar-refractivity contribution is 5.64. The van der Waals surface area contributed by atoms with Crippen molar-refractivity contribution in [2.45, 2.75) is 39.2 Å². The fraction of sp³-hybridized carbons (Fsp3) is 0.467.